The SMILES string of the molecule is CC1=[C-]CC(C)(C)C1(C)C.CC1=[C-]CC(C)(C)C1(C)C.[Cl-].[Cl-].[Zr+4]. The van der Waals surface area contributed by atoms with E-state index >= 15 is 0 Å². The van der Waals surface area contributed by atoms with E-state index < -0.39 is 0 Å². The number of halogens is 2. The minimum atomic E-state index is 0. The van der Waals surface area contributed by atoms with Gasteiger partial charge in [0.05, 0.1) is 0 Å². The fourth-order valence-corrected chi connectivity index (χ4v) is 2.61. The molecule has 0 aliphatic heterocycles. The molecule has 0 atom stereocenters. The number of allylic oxidation sites excluding steroid dienone is 4. The van der Waals surface area contributed by atoms with Crippen molar-refractivity contribution in [3.8, 4) is 0 Å². The second-order valence-electron chi connectivity index (χ2n) is 8.97. The van der Waals surface area contributed by atoms with Gasteiger partial charge in [0.1, 0.15) is 0 Å². The van der Waals surface area contributed by atoms with Crippen molar-refractivity contribution in [1.29, 1.82) is 0 Å². The Morgan fingerprint density at radius 1 is 0.609 bits per heavy atom. The molecule has 0 nitrogen and oxygen atoms in total. The third-order valence-electron chi connectivity index (χ3n) is 6.85. The van der Waals surface area contributed by atoms with Crippen LogP contribution in [-0.4, -0.2) is 0 Å². The summed E-state index contributed by atoms with van der Waals surface area (Å²) in [5, 5.41) is 0. The molecule has 0 N–H and O–H groups in total. The van der Waals surface area contributed by atoms with Crippen LogP contribution in [0.2, 0.25) is 0 Å². The maximum atomic E-state index is 3.42. The summed E-state index contributed by atoms with van der Waals surface area (Å²) in [6, 6.07) is 0. The summed E-state index contributed by atoms with van der Waals surface area (Å²) < 4.78 is 0. The zero-order valence-electron chi connectivity index (χ0n) is 16.7. The van der Waals surface area contributed by atoms with Crippen LogP contribution < -0.4 is 24.8 Å². The van der Waals surface area contributed by atoms with Crippen LogP contribution in [-0.2, 0) is 26.2 Å². The third-order valence-corrected chi connectivity index (χ3v) is 6.85. The predicted octanol–water partition coefficient (Wildman–Crippen LogP) is 0.389. The Bertz CT molecular complexity index is 399. The quantitative estimate of drug-likeness (QED) is 0.482. The summed E-state index contributed by atoms with van der Waals surface area (Å²) in [5.41, 5.74) is 4.39. The van der Waals surface area contributed by atoms with Crippen LogP contribution in [0.25, 0.3) is 0 Å². The fourth-order valence-electron chi connectivity index (χ4n) is 2.61. The van der Waals surface area contributed by atoms with Gasteiger partial charge in [-0.2, -0.15) is 12.8 Å². The van der Waals surface area contributed by atoms with E-state index in [1.165, 1.54) is 11.1 Å². The summed E-state index contributed by atoms with van der Waals surface area (Å²) in [5.74, 6) is 0. The molecule has 0 aromatic heterocycles. The monoisotopic (exact) mass is 434 g/mol. The molecule has 0 saturated carbocycles. The van der Waals surface area contributed by atoms with Crippen LogP contribution in [0.1, 0.15) is 82.1 Å². The van der Waals surface area contributed by atoms with Crippen molar-refractivity contribution in [3.63, 3.8) is 0 Å². The van der Waals surface area contributed by atoms with Gasteiger partial charge in [-0.05, 0) is 10.8 Å². The summed E-state index contributed by atoms with van der Waals surface area (Å²) in [4.78, 5) is 0. The first-order valence-corrected chi connectivity index (χ1v) is 7.91. The van der Waals surface area contributed by atoms with Gasteiger partial charge in [-0.1, -0.05) is 80.1 Å². The van der Waals surface area contributed by atoms with Crippen molar-refractivity contribution >= 4 is 0 Å². The van der Waals surface area contributed by atoms with Gasteiger partial charge in [0.15, 0.2) is 0 Å². The van der Waals surface area contributed by atoms with Crippen LogP contribution >= 0.6 is 0 Å². The zero-order chi connectivity index (χ0) is 16.0. The van der Waals surface area contributed by atoms with Gasteiger partial charge < -0.3 is 37.0 Å². The van der Waals surface area contributed by atoms with Crippen LogP contribution in [0.4, 0.5) is 0 Å². The molecule has 2 aliphatic carbocycles. The molecule has 0 unspecified atom stereocenters. The van der Waals surface area contributed by atoms with Crippen LogP contribution in [0, 0.1) is 33.8 Å². The molecular weight excluding hydrogens is 402 g/mol. The molecule has 0 fully saturated rings. The van der Waals surface area contributed by atoms with Gasteiger partial charge in [0.2, 0.25) is 0 Å². The van der Waals surface area contributed by atoms with Crippen molar-refractivity contribution < 1.29 is 51.0 Å². The third kappa shape index (κ3) is 5.46. The smallest absolute Gasteiger partial charge is 1.00 e. The number of hydrogen-bond donors (Lipinski definition) is 0. The Hall–Kier alpha value is 0.943. The van der Waals surface area contributed by atoms with Gasteiger partial charge in [-0.3, -0.25) is 11.1 Å². The van der Waals surface area contributed by atoms with Gasteiger partial charge >= 0.3 is 26.2 Å². The van der Waals surface area contributed by atoms with E-state index in [-0.39, 0.29) is 51.0 Å². The number of hydrogen-bond acceptors (Lipinski definition) is 0. The van der Waals surface area contributed by atoms with E-state index in [0.29, 0.717) is 21.7 Å². The van der Waals surface area contributed by atoms with Crippen LogP contribution in [0.3, 0.4) is 0 Å². The first-order valence-electron chi connectivity index (χ1n) is 7.91. The molecule has 0 spiro atoms. The maximum absolute atomic E-state index is 3.42. The molecule has 23 heavy (non-hydrogen) atoms. The standard InChI is InChI=1S/2C10H17.2ClH.Zr/c2*1-8-6-7-9(2,3)10(8,4)5;;;/h2*7H2,1-5H3;2*1H;/q2*-1;;;+4/p-2. The summed E-state index contributed by atoms with van der Waals surface area (Å²) in [6.07, 6.45) is 9.07. The largest absolute Gasteiger partial charge is 4.00 e. The van der Waals surface area contributed by atoms with E-state index in [1.54, 1.807) is 0 Å². The Labute approximate surface area is 177 Å². The van der Waals surface area contributed by atoms with Crippen molar-refractivity contribution in [2.24, 2.45) is 21.7 Å². The van der Waals surface area contributed by atoms with E-state index in [0.717, 1.165) is 12.8 Å². The molecule has 0 radical (unpaired) electrons. The Morgan fingerprint density at radius 2 is 0.826 bits per heavy atom. The predicted molar refractivity (Wildman–Crippen MR) is 89.2 cm³/mol. The normalized spacial score (nSPS) is 24.6. The molecule has 0 aromatic carbocycles. The molecule has 2 rings (SSSR count). The maximum Gasteiger partial charge on any atom is 4.00 e. The Morgan fingerprint density at radius 3 is 0.870 bits per heavy atom. The Kier molecular flexibility index (Phi) is 11.3. The summed E-state index contributed by atoms with van der Waals surface area (Å²) in [6.45, 7) is 22.9. The van der Waals surface area contributed by atoms with Crippen LogP contribution in [0.5, 0.6) is 0 Å². The second kappa shape index (κ2) is 9.05. The molecule has 0 saturated heterocycles. The molecule has 0 heterocycles. The van der Waals surface area contributed by atoms with E-state index in [2.05, 4.69) is 81.4 Å². The molecular formula is C20H34Cl2Zr. The topological polar surface area (TPSA) is 0 Å². The van der Waals surface area contributed by atoms with Crippen molar-refractivity contribution in [2.45, 2.75) is 82.1 Å². The first-order chi connectivity index (χ1) is 8.76. The molecule has 132 valence electrons. The molecule has 2 aliphatic rings. The van der Waals surface area contributed by atoms with E-state index in [9.17, 15) is 0 Å². The molecule has 3 heteroatoms. The Balaban J connectivity index is -0.000000308. The molecule has 0 amide bonds. The number of rotatable bonds is 0. The van der Waals surface area contributed by atoms with E-state index in [1.807, 2.05) is 0 Å². The van der Waals surface area contributed by atoms with Crippen LogP contribution in [0.15, 0.2) is 11.1 Å². The van der Waals surface area contributed by atoms with Gasteiger partial charge in [0, 0.05) is 0 Å². The zero-order valence-corrected chi connectivity index (χ0v) is 20.6. The van der Waals surface area contributed by atoms with Crippen molar-refractivity contribution in [2.75, 3.05) is 0 Å². The summed E-state index contributed by atoms with van der Waals surface area (Å²) >= 11 is 0. The second-order valence-corrected chi connectivity index (χ2v) is 8.97. The minimum Gasteiger partial charge on any atom is -1.00 e. The van der Waals surface area contributed by atoms with Crippen molar-refractivity contribution in [3.05, 3.63) is 23.3 Å². The molecule has 0 aromatic rings. The van der Waals surface area contributed by atoms with Gasteiger partial charge in [0.25, 0.3) is 0 Å². The first kappa shape index (κ1) is 28.7. The minimum absolute atomic E-state index is 0. The van der Waals surface area contributed by atoms with Gasteiger partial charge in [-0.25, -0.2) is 0 Å². The average Bonchev–Trinajstić information content (AvgIpc) is 2.60. The summed E-state index contributed by atoms with van der Waals surface area (Å²) in [7, 11) is 0. The van der Waals surface area contributed by atoms with Gasteiger partial charge in [-0.15, -0.1) is 0 Å². The fraction of sp³-hybridized carbons (Fsp3) is 0.800. The average molecular weight is 437 g/mol. The molecule has 0 bridgehead atoms. The van der Waals surface area contributed by atoms with Crippen molar-refractivity contribution in [1.82, 2.24) is 0 Å². The van der Waals surface area contributed by atoms with E-state index in [4.69, 9.17) is 0 Å².